The normalized spacial score (nSPS) is 18.4. The molecule has 1 aromatic heterocycles. The fourth-order valence-corrected chi connectivity index (χ4v) is 3.77. The topological polar surface area (TPSA) is 70.8 Å². The van der Waals surface area contributed by atoms with Gasteiger partial charge in [0.15, 0.2) is 5.60 Å². The number of aromatic nitrogens is 2. The number of aliphatic hydroxyl groups is 1. The van der Waals surface area contributed by atoms with Gasteiger partial charge in [0, 0.05) is 37.6 Å². The molecule has 1 fully saturated rings. The number of benzene rings is 1. The monoisotopic (exact) mass is 420 g/mol. The molecule has 2 aliphatic heterocycles. The summed E-state index contributed by atoms with van der Waals surface area (Å²) >= 11 is 0. The number of alkyl halides is 3. The molecular weight excluding hydrogens is 397 g/mol. The summed E-state index contributed by atoms with van der Waals surface area (Å²) in [5, 5.41) is 9.88. The minimum absolute atomic E-state index is 0.0462. The van der Waals surface area contributed by atoms with Crippen LogP contribution < -0.4 is 9.64 Å². The van der Waals surface area contributed by atoms with Gasteiger partial charge in [-0.05, 0) is 31.5 Å². The maximum atomic E-state index is 13.1. The molecule has 3 heterocycles. The molecule has 0 atom stereocenters. The fraction of sp³-hybridized carbons (Fsp3) is 0.476. The van der Waals surface area contributed by atoms with Gasteiger partial charge in [-0.25, -0.2) is 9.97 Å². The van der Waals surface area contributed by atoms with Crippen LogP contribution in [0.2, 0.25) is 0 Å². The second kappa shape index (κ2) is 7.54. The largest absolute Gasteiger partial charge is 0.491 e. The number of hydrogen-bond acceptors (Lipinski definition) is 6. The van der Waals surface area contributed by atoms with Crippen molar-refractivity contribution in [3.05, 3.63) is 47.4 Å². The molecule has 2 aromatic rings. The number of nitrogens with zero attached hydrogens (tertiary/aromatic N) is 4. The van der Waals surface area contributed by atoms with E-state index < -0.39 is 24.6 Å². The van der Waals surface area contributed by atoms with Crippen LogP contribution in [0.4, 0.5) is 19.0 Å². The molecule has 1 aromatic carbocycles. The Morgan fingerprint density at radius 1 is 1.13 bits per heavy atom. The van der Waals surface area contributed by atoms with Crippen LogP contribution in [0.5, 0.6) is 5.75 Å². The Morgan fingerprint density at radius 2 is 1.87 bits per heavy atom. The number of piperidine rings is 1. The third kappa shape index (κ3) is 3.86. The van der Waals surface area contributed by atoms with Gasteiger partial charge in [0.2, 0.25) is 0 Å². The summed E-state index contributed by atoms with van der Waals surface area (Å²) in [5.41, 5.74) is 0.682. The Labute approximate surface area is 172 Å². The zero-order valence-electron chi connectivity index (χ0n) is 16.8. The molecule has 0 unspecified atom stereocenters. The van der Waals surface area contributed by atoms with Gasteiger partial charge in [-0.15, -0.1) is 0 Å². The molecule has 1 N–H and O–H groups in total. The highest BCUT2D eigenvalue weighted by Gasteiger charge is 2.54. The first kappa shape index (κ1) is 20.6. The van der Waals surface area contributed by atoms with Crippen LogP contribution in [0.15, 0.2) is 35.6 Å². The standard InChI is InChI=1S/C21H23F3N4O2/c1-13(2)30-15-4-3-14-11-25-19(16(14)9-15)17-10-18(27-12-26-17)28-7-5-20(29,6-8-28)21(22,23)24/h3-4,9-10,12-13,29H,5-8,11H2,1-2H3. The van der Waals surface area contributed by atoms with Crippen molar-refractivity contribution in [2.75, 3.05) is 18.0 Å². The van der Waals surface area contributed by atoms with E-state index in [4.69, 9.17) is 4.74 Å². The van der Waals surface area contributed by atoms with Crippen molar-refractivity contribution in [2.24, 2.45) is 4.99 Å². The summed E-state index contributed by atoms with van der Waals surface area (Å²) in [6.45, 7) is 4.56. The molecule has 30 heavy (non-hydrogen) atoms. The molecule has 0 radical (unpaired) electrons. The molecule has 4 rings (SSSR count). The molecule has 0 saturated carbocycles. The van der Waals surface area contributed by atoms with E-state index in [1.54, 1.807) is 11.0 Å². The Balaban J connectivity index is 1.55. The van der Waals surface area contributed by atoms with Crippen molar-refractivity contribution in [1.29, 1.82) is 0 Å². The minimum Gasteiger partial charge on any atom is -0.491 e. The average molecular weight is 420 g/mol. The molecule has 1 saturated heterocycles. The minimum atomic E-state index is -4.63. The van der Waals surface area contributed by atoms with E-state index in [-0.39, 0.29) is 19.2 Å². The molecule has 160 valence electrons. The van der Waals surface area contributed by atoms with Crippen LogP contribution in [0.3, 0.4) is 0 Å². The average Bonchev–Trinajstić information content (AvgIpc) is 3.10. The lowest BCUT2D eigenvalue weighted by molar-refractivity contribution is -0.266. The predicted molar refractivity (Wildman–Crippen MR) is 106 cm³/mol. The number of aliphatic imine (C=N–C) groups is 1. The summed E-state index contributed by atoms with van der Waals surface area (Å²) < 4.78 is 44.9. The number of anilines is 1. The summed E-state index contributed by atoms with van der Waals surface area (Å²) in [5.74, 6) is 1.27. The van der Waals surface area contributed by atoms with Crippen molar-refractivity contribution in [1.82, 2.24) is 9.97 Å². The van der Waals surface area contributed by atoms with Crippen molar-refractivity contribution in [2.45, 2.75) is 51.1 Å². The summed E-state index contributed by atoms with van der Waals surface area (Å²) in [7, 11) is 0. The second-order valence-electron chi connectivity index (χ2n) is 7.93. The zero-order chi connectivity index (χ0) is 21.5. The van der Waals surface area contributed by atoms with Gasteiger partial charge in [0.25, 0.3) is 0 Å². The Bertz CT molecular complexity index is 967. The van der Waals surface area contributed by atoms with Gasteiger partial charge in [-0.1, -0.05) is 6.07 Å². The van der Waals surface area contributed by atoms with E-state index in [9.17, 15) is 18.3 Å². The fourth-order valence-electron chi connectivity index (χ4n) is 3.77. The quantitative estimate of drug-likeness (QED) is 0.820. The highest BCUT2D eigenvalue weighted by atomic mass is 19.4. The van der Waals surface area contributed by atoms with E-state index in [1.807, 2.05) is 32.0 Å². The summed E-state index contributed by atoms with van der Waals surface area (Å²) in [6.07, 6.45) is -3.98. The van der Waals surface area contributed by atoms with Crippen LogP contribution in [0.25, 0.3) is 0 Å². The Hall–Kier alpha value is -2.68. The summed E-state index contributed by atoms with van der Waals surface area (Å²) in [4.78, 5) is 14.9. The van der Waals surface area contributed by atoms with Gasteiger partial charge >= 0.3 is 6.18 Å². The van der Waals surface area contributed by atoms with Crippen molar-refractivity contribution < 1.29 is 23.0 Å². The van der Waals surface area contributed by atoms with Crippen molar-refractivity contribution in [3.63, 3.8) is 0 Å². The second-order valence-corrected chi connectivity index (χ2v) is 7.93. The molecule has 6 nitrogen and oxygen atoms in total. The van der Waals surface area contributed by atoms with E-state index >= 15 is 0 Å². The predicted octanol–water partition coefficient (Wildman–Crippen LogP) is 3.51. The first-order valence-electron chi connectivity index (χ1n) is 9.87. The lowest BCUT2D eigenvalue weighted by atomic mass is 9.91. The van der Waals surface area contributed by atoms with Gasteiger partial charge in [-0.2, -0.15) is 13.2 Å². The van der Waals surface area contributed by atoms with Crippen LogP contribution in [0.1, 0.15) is 43.5 Å². The van der Waals surface area contributed by atoms with Crippen molar-refractivity contribution in [3.8, 4) is 5.75 Å². The molecule has 0 bridgehead atoms. The Morgan fingerprint density at radius 3 is 2.53 bits per heavy atom. The number of fused-ring (bicyclic) bond motifs is 1. The maximum absolute atomic E-state index is 13.1. The first-order valence-corrected chi connectivity index (χ1v) is 9.87. The van der Waals surface area contributed by atoms with E-state index in [0.717, 1.165) is 16.9 Å². The van der Waals surface area contributed by atoms with Crippen LogP contribution in [0, 0.1) is 0 Å². The number of rotatable bonds is 4. The molecule has 2 aliphatic rings. The maximum Gasteiger partial charge on any atom is 0.417 e. The van der Waals surface area contributed by atoms with Gasteiger partial charge in [-0.3, -0.25) is 4.99 Å². The first-order chi connectivity index (χ1) is 14.2. The van der Waals surface area contributed by atoms with Crippen molar-refractivity contribution >= 4 is 11.5 Å². The van der Waals surface area contributed by atoms with Crippen LogP contribution >= 0.6 is 0 Å². The van der Waals surface area contributed by atoms with Crippen LogP contribution in [-0.2, 0) is 6.54 Å². The summed E-state index contributed by atoms with van der Waals surface area (Å²) in [6, 6.07) is 7.57. The van der Waals surface area contributed by atoms with Gasteiger partial charge in [0.1, 0.15) is 17.9 Å². The Kier molecular flexibility index (Phi) is 5.17. The zero-order valence-corrected chi connectivity index (χ0v) is 16.8. The number of ether oxygens (including phenoxy) is 1. The van der Waals surface area contributed by atoms with Gasteiger partial charge < -0.3 is 14.7 Å². The van der Waals surface area contributed by atoms with Crippen LogP contribution in [-0.4, -0.2) is 51.8 Å². The smallest absolute Gasteiger partial charge is 0.417 e. The lowest BCUT2D eigenvalue weighted by Gasteiger charge is -2.39. The lowest BCUT2D eigenvalue weighted by Crippen LogP contribution is -2.53. The third-order valence-electron chi connectivity index (χ3n) is 5.45. The molecule has 0 aliphatic carbocycles. The van der Waals surface area contributed by atoms with E-state index in [1.165, 1.54) is 6.33 Å². The SMILES string of the molecule is CC(C)Oc1ccc2c(c1)C(c1cc(N3CCC(O)(C(F)(F)F)CC3)ncn1)=NC2. The number of halogens is 3. The highest BCUT2D eigenvalue weighted by molar-refractivity contribution is 6.14. The molecule has 0 amide bonds. The third-order valence-corrected chi connectivity index (χ3v) is 5.45. The molecule has 9 heteroatoms. The molecule has 0 spiro atoms. The van der Waals surface area contributed by atoms with E-state index in [2.05, 4.69) is 15.0 Å². The van der Waals surface area contributed by atoms with Gasteiger partial charge in [0.05, 0.1) is 24.1 Å². The van der Waals surface area contributed by atoms with E-state index in [0.29, 0.717) is 23.8 Å². The number of hydrogen-bond donors (Lipinski definition) is 1. The molecular formula is C21H23F3N4O2. The highest BCUT2D eigenvalue weighted by Crippen LogP contribution is 2.39.